The van der Waals surface area contributed by atoms with Crippen molar-refractivity contribution in [2.45, 2.75) is 13.8 Å². The maximum Gasteiger partial charge on any atom is 0.160 e. The fourth-order valence-corrected chi connectivity index (χ4v) is 0.698. The van der Waals surface area contributed by atoms with Gasteiger partial charge in [0.05, 0.1) is 7.11 Å². The SMILES string of the molecule is C/C=C(\C)C=O.COc1ccccc1O. The molecule has 0 saturated heterocycles. The predicted octanol–water partition coefficient (Wildman–Crippen LogP) is 2.55. The molecule has 0 fully saturated rings. The number of hydrogen-bond acceptors (Lipinski definition) is 3. The van der Waals surface area contributed by atoms with Gasteiger partial charge in [-0.1, -0.05) is 18.2 Å². The Labute approximate surface area is 90.0 Å². The summed E-state index contributed by atoms with van der Waals surface area (Å²) in [6, 6.07) is 6.84. The molecular weight excluding hydrogens is 192 g/mol. The molecule has 15 heavy (non-hydrogen) atoms. The summed E-state index contributed by atoms with van der Waals surface area (Å²) in [5.74, 6) is 0.692. The zero-order valence-electron chi connectivity index (χ0n) is 9.23. The number of carbonyl (C=O) groups is 1. The second-order valence-electron chi connectivity index (χ2n) is 2.82. The van der Waals surface area contributed by atoms with Crippen molar-refractivity contribution in [3.8, 4) is 11.5 Å². The van der Waals surface area contributed by atoms with Crippen LogP contribution in [0.15, 0.2) is 35.9 Å². The summed E-state index contributed by atoms with van der Waals surface area (Å²) >= 11 is 0. The number of hydrogen-bond donors (Lipinski definition) is 1. The Morgan fingerprint density at radius 1 is 1.40 bits per heavy atom. The summed E-state index contributed by atoms with van der Waals surface area (Å²) in [4.78, 5) is 9.67. The van der Waals surface area contributed by atoms with Crippen LogP contribution in [0.2, 0.25) is 0 Å². The Kier molecular flexibility index (Phi) is 6.72. The Hall–Kier alpha value is -1.77. The Balaban J connectivity index is 0.000000288. The van der Waals surface area contributed by atoms with Crippen molar-refractivity contribution in [3.63, 3.8) is 0 Å². The minimum Gasteiger partial charge on any atom is -0.504 e. The summed E-state index contributed by atoms with van der Waals surface area (Å²) in [6.07, 6.45) is 2.60. The lowest BCUT2D eigenvalue weighted by Gasteiger charge is -1.99. The van der Waals surface area contributed by atoms with E-state index >= 15 is 0 Å². The van der Waals surface area contributed by atoms with Crippen molar-refractivity contribution in [1.29, 1.82) is 0 Å². The van der Waals surface area contributed by atoms with E-state index in [1.807, 2.05) is 6.92 Å². The van der Waals surface area contributed by atoms with Crippen molar-refractivity contribution < 1.29 is 14.6 Å². The Morgan fingerprint density at radius 2 is 2.00 bits per heavy atom. The third kappa shape index (κ3) is 5.52. The molecule has 1 rings (SSSR count). The van der Waals surface area contributed by atoms with Crippen LogP contribution < -0.4 is 4.74 Å². The first-order chi connectivity index (χ1) is 7.15. The van der Waals surface area contributed by atoms with E-state index in [2.05, 4.69) is 0 Å². The summed E-state index contributed by atoms with van der Waals surface area (Å²) < 4.78 is 4.79. The van der Waals surface area contributed by atoms with Crippen molar-refractivity contribution in [2.24, 2.45) is 0 Å². The quantitative estimate of drug-likeness (QED) is 0.600. The fourth-order valence-electron chi connectivity index (χ4n) is 0.698. The van der Waals surface area contributed by atoms with E-state index in [1.54, 1.807) is 37.3 Å². The Morgan fingerprint density at radius 3 is 2.27 bits per heavy atom. The maximum atomic E-state index is 9.67. The number of allylic oxidation sites excluding steroid dienone is 2. The second-order valence-corrected chi connectivity index (χ2v) is 2.82. The van der Waals surface area contributed by atoms with E-state index in [9.17, 15) is 4.79 Å². The van der Waals surface area contributed by atoms with Crippen LogP contribution in [0.1, 0.15) is 13.8 Å². The summed E-state index contributed by atoms with van der Waals surface area (Å²) in [5.41, 5.74) is 0.787. The average Bonchev–Trinajstić information content (AvgIpc) is 2.29. The van der Waals surface area contributed by atoms with Crippen molar-refractivity contribution in [3.05, 3.63) is 35.9 Å². The minimum atomic E-state index is 0.181. The monoisotopic (exact) mass is 208 g/mol. The summed E-state index contributed by atoms with van der Waals surface area (Å²) in [7, 11) is 1.52. The lowest BCUT2D eigenvalue weighted by Crippen LogP contribution is -1.80. The van der Waals surface area contributed by atoms with Gasteiger partial charge in [0.1, 0.15) is 6.29 Å². The summed E-state index contributed by atoms with van der Waals surface area (Å²) in [6.45, 7) is 3.61. The lowest BCUT2D eigenvalue weighted by molar-refractivity contribution is -0.104. The first kappa shape index (κ1) is 13.2. The standard InChI is InChI=1S/C7H8O2.C5H8O/c1-9-7-5-3-2-4-6(7)8;1-3-5(2)4-6/h2-5,8H,1H3;3-4H,1-2H3/b;5-3+. The number of ether oxygens (including phenoxy) is 1. The molecule has 0 bridgehead atoms. The molecule has 1 aromatic rings. The van der Waals surface area contributed by atoms with Crippen LogP contribution in [0.4, 0.5) is 0 Å². The predicted molar refractivity (Wildman–Crippen MR) is 60.2 cm³/mol. The normalized spacial score (nSPS) is 9.93. The third-order valence-corrected chi connectivity index (χ3v) is 1.73. The molecule has 3 nitrogen and oxygen atoms in total. The van der Waals surface area contributed by atoms with Crippen molar-refractivity contribution in [1.82, 2.24) is 0 Å². The minimum absolute atomic E-state index is 0.181. The lowest BCUT2D eigenvalue weighted by atomic mass is 10.3. The molecule has 0 saturated carbocycles. The highest BCUT2D eigenvalue weighted by molar-refractivity contribution is 5.71. The molecule has 1 N–H and O–H groups in total. The number of rotatable bonds is 2. The molecule has 0 amide bonds. The van der Waals surface area contributed by atoms with Gasteiger partial charge in [0.2, 0.25) is 0 Å². The van der Waals surface area contributed by atoms with Gasteiger partial charge in [-0.2, -0.15) is 0 Å². The number of methoxy groups -OCH3 is 1. The largest absolute Gasteiger partial charge is 0.504 e. The molecule has 3 heteroatoms. The van der Waals surface area contributed by atoms with Crippen LogP contribution in [0, 0.1) is 0 Å². The van der Waals surface area contributed by atoms with Crippen LogP contribution in [0.3, 0.4) is 0 Å². The number of phenols is 1. The van der Waals surface area contributed by atoms with E-state index in [4.69, 9.17) is 9.84 Å². The van der Waals surface area contributed by atoms with Crippen molar-refractivity contribution >= 4 is 6.29 Å². The molecule has 0 atom stereocenters. The smallest absolute Gasteiger partial charge is 0.160 e. The van der Waals surface area contributed by atoms with Gasteiger partial charge in [0.15, 0.2) is 11.5 Å². The highest BCUT2D eigenvalue weighted by Crippen LogP contribution is 2.22. The number of benzene rings is 1. The zero-order valence-corrected chi connectivity index (χ0v) is 9.23. The van der Waals surface area contributed by atoms with Gasteiger partial charge in [-0.25, -0.2) is 0 Å². The number of aldehydes is 1. The molecule has 0 aliphatic carbocycles. The highest BCUT2D eigenvalue weighted by Gasteiger charge is 1.94. The van der Waals surface area contributed by atoms with E-state index in [0.29, 0.717) is 5.75 Å². The van der Waals surface area contributed by atoms with Gasteiger partial charge >= 0.3 is 0 Å². The molecule has 0 aromatic heterocycles. The first-order valence-electron chi connectivity index (χ1n) is 4.55. The summed E-state index contributed by atoms with van der Waals surface area (Å²) in [5, 5.41) is 8.99. The van der Waals surface area contributed by atoms with Gasteiger partial charge < -0.3 is 9.84 Å². The van der Waals surface area contributed by atoms with Gasteiger partial charge in [0, 0.05) is 0 Å². The molecule has 0 spiro atoms. The van der Waals surface area contributed by atoms with Gasteiger partial charge in [-0.3, -0.25) is 4.79 Å². The number of carbonyl (C=O) groups excluding carboxylic acids is 1. The number of aromatic hydroxyl groups is 1. The molecular formula is C12H16O3. The average molecular weight is 208 g/mol. The van der Waals surface area contributed by atoms with Crippen LogP contribution in [-0.2, 0) is 4.79 Å². The van der Waals surface area contributed by atoms with Crippen LogP contribution >= 0.6 is 0 Å². The van der Waals surface area contributed by atoms with Crippen molar-refractivity contribution in [2.75, 3.05) is 7.11 Å². The van der Waals surface area contributed by atoms with Crippen LogP contribution in [-0.4, -0.2) is 18.5 Å². The van der Waals surface area contributed by atoms with Crippen LogP contribution in [0.25, 0.3) is 0 Å². The molecule has 0 unspecified atom stereocenters. The van der Waals surface area contributed by atoms with Gasteiger partial charge in [-0.15, -0.1) is 0 Å². The van der Waals surface area contributed by atoms with E-state index in [1.165, 1.54) is 7.11 Å². The highest BCUT2D eigenvalue weighted by atomic mass is 16.5. The van der Waals surface area contributed by atoms with E-state index in [-0.39, 0.29) is 5.75 Å². The zero-order chi connectivity index (χ0) is 11.7. The molecule has 0 radical (unpaired) electrons. The molecule has 0 heterocycles. The van der Waals surface area contributed by atoms with Gasteiger partial charge in [-0.05, 0) is 31.6 Å². The van der Waals surface area contributed by atoms with E-state index < -0.39 is 0 Å². The topological polar surface area (TPSA) is 46.5 Å². The maximum absolute atomic E-state index is 9.67. The first-order valence-corrected chi connectivity index (χ1v) is 4.55. The molecule has 0 aliphatic heterocycles. The van der Waals surface area contributed by atoms with E-state index in [0.717, 1.165) is 11.9 Å². The van der Waals surface area contributed by atoms with Crippen LogP contribution in [0.5, 0.6) is 11.5 Å². The number of phenolic OH excluding ortho intramolecular Hbond substituents is 1. The Bertz CT molecular complexity index is 329. The van der Waals surface area contributed by atoms with Gasteiger partial charge in [0.25, 0.3) is 0 Å². The molecule has 82 valence electrons. The third-order valence-electron chi connectivity index (χ3n) is 1.73. The molecule has 0 aliphatic rings. The fraction of sp³-hybridized carbons (Fsp3) is 0.250. The second kappa shape index (κ2) is 7.62. The number of para-hydroxylation sites is 2. The molecule has 1 aromatic carbocycles.